The van der Waals surface area contributed by atoms with Gasteiger partial charge in [0.1, 0.15) is 5.76 Å². The molecular weight excluding hydrogens is 538 g/mol. The van der Waals surface area contributed by atoms with Gasteiger partial charge in [0.15, 0.2) is 11.5 Å². The Bertz CT molecular complexity index is 1610. The molecule has 0 bridgehead atoms. The second-order valence-electron chi connectivity index (χ2n) is 8.87. The highest BCUT2D eigenvalue weighted by Crippen LogP contribution is 2.44. The number of phenols is 1. The number of aryl methyl sites for hydroxylation is 2. The van der Waals surface area contributed by atoms with Crippen LogP contribution in [0, 0.1) is 13.8 Å². The molecule has 188 valence electrons. The Hall–Kier alpha value is -4.11. The highest BCUT2D eigenvalue weighted by molar-refractivity contribution is 9.10. The lowest BCUT2D eigenvalue weighted by Gasteiger charge is -2.23. The number of amides is 1. The Morgan fingerprint density at radius 3 is 2.62 bits per heavy atom. The maximum absolute atomic E-state index is 13.5. The Kier molecular flexibility index (Phi) is 6.25. The molecule has 37 heavy (non-hydrogen) atoms. The van der Waals surface area contributed by atoms with E-state index in [4.69, 9.17) is 4.74 Å². The first-order valence-electron chi connectivity index (χ1n) is 11.7. The van der Waals surface area contributed by atoms with Gasteiger partial charge in [0.2, 0.25) is 5.95 Å². The van der Waals surface area contributed by atoms with Crippen molar-refractivity contribution in [3.63, 3.8) is 0 Å². The number of hydrogen-bond donors (Lipinski definition) is 3. The molecule has 1 unspecified atom stereocenters. The van der Waals surface area contributed by atoms with Gasteiger partial charge in [-0.3, -0.25) is 14.5 Å². The summed E-state index contributed by atoms with van der Waals surface area (Å²) in [5.41, 5.74) is 3.97. The molecule has 0 saturated carbocycles. The highest BCUT2D eigenvalue weighted by Gasteiger charge is 2.48. The number of ketones is 1. The molecule has 1 atom stereocenters. The lowest BCUT2D eigenvalue weighted by atomic mass is 9.94. The van der Waals surface area contributed by atoms with Crippen molar-refractivity contribution in [2.24, 2.45) is 0 Å². The number of carbonyl (C=O) groups excluding carboxylic acids is 2. The minimum absolute atomic E-state index is 0.0784. The van der Waals surface area contributed by atoms with Crippen molar-refractivity contribution in [1.29, 1.82) is 0 Å². The summed E-state index contributed by atoms with van der Waals surface area (Å²) < 4.78 is 6.40. The van der Waals surface area contributed by atoms with Crippen molar-refractivity contribution in [2.75, 3.05) is 11.5 Å². The Balaban J connectivity index is 1.75. The van der Waals surface area contributed by atoms with Crippen LogP contribution >= 0.6 is 15.9 Å². The predicted molar refractivity (Wildman–Crippen MR) is 144 cm³/mol. The molecule has 0 aliphatic carbocycles. The van der Waals surface area contributed by atoms with Crippen LogP contribution in [0.2, 0.25) is 0 Å². The van der Waals surface area contributed by atoms with Crippen LogP contribution < -0.4 is 9.64 Å². The molecule has 0 radical (unpaired) electrons. The monoisotopic (exact) mass is 561 g/mol. The van der Waals surface area contributed by atoms with Crippen LogP contribution in [0.4, 0.5) is 5.95 Å². The third-order valence-corrected chi connectivity index (χ3v) is 7.22. The number of H-pyrrole nitrogens is 1. The number of aromatic nitrogens is 2. The molecule has 8 nitrogen and oxygen atoms in total. The Labute approximate surface area is 221 Å². The molecule has 1 aromatic heterocycles. The summed E-state index contributed by atoms with van der Waals surface area (Å²) in [6.45, 7) is 5.89. The van der Waals surface area contributed by atoms with Crippen molar-refractivity contribution in [3.05, 3.63) is 86.9 Å². The molecule has 1 saturated heterocycles. The lowest BCUT2D eigenvalue weighted by Crippen LogP contribution is -2.30. The Morgan fingerprint density at radius 1 is 1.11 bits per heavy atom. The first-order chi connectivity index (χ1) is 17.7. The quantitative estimate of drug-likeness (QED) is 0.164. The number of nitrogens with one attached hydrogen (secondary N) is 1. The van der Waals surface area contributed by atoms with Gasteiger partial charge in [-0.15, -0.1) is 0 Å². The third kappa shape index (κ3) is 4.25. The number of Topliss-reactive ketones (excluding diaryl/α,β-unsaturated/α-hetero) is 1. The fourth-order valence-corrected chi connectivity index (χ4v) is 4.76. The normalized spacial score (nSPS) is 17.1. The topological polar surface area (TPSA) is 116 Å². The standard InChI is InChI=1S/C28H24BrN3O5/c1-4-37-22-13-16(7-10-21(22)33)24-23(25(34)17-6-8-18(29)15(3)12-17)26(35)27(36)32(24)28-30-19-9-5-14(2)11-20(19)31-28/h5-13,24,33-34H,4H2,1-3H3,(H,30,31)/b25-23+. The van der Waals surface area contributed by atoms with Crippen molar-refractivity contribution in [1.82, 2.24) is 9.97 Å². The number of fused-ring (bicyclic) bond motifs is 1. The summed E-state index contributed by atoms with van der Waals surface area (Å²) in [4.78, 5) is 35.9. The summed E-state index contributed by atoms with van der Waals surface area (Å²) in [6.07, 6.45) is 0. The molecule has 3 aromatic carbocycles. The van der Waals surface area contributed by atoms with Gasteiger partial charge < -0.3 is 19.9 Å². The number of nitrogens with zero attached hydrogens (tertiary/aromatic N) is 2. The van der Waals surface area contributed by atoms with Gasteiger partial charge in [-0.25, -0.2) is 4.98 Å². The van der Waals surface area contributed by atoms with E-state index in [2.05, 4.69) is 25.9 Å². The zero-order valence-corrected chi connectivity index (χ0v) is 22.0. The molecule has 9 heteroatoms. The van der Waals surface area contributed by atoms with E-state index in [1.54, 1.807) is 37.3 Å². The molecule has 1 amide bonds. The lowest BCUT2D eigenvalue weighted by molar-refractivity contribution is -0.132. The van der Waals surface area contributed by atoms with Crippen LogP contribution in [0.25, 0.3) is 16.8 Å². The summed E-state index contributed by atoms with van der Waals surface area (Å²) in [6, 6.07) is 14.4. The molecule has 0 spiro atoms. The van der Waals surface area contributed by atoms with E-state index in [-0.39, 0.29) is 28.8 Å². The molecule has 2 heterocycles. The van der Waals surface area contributed by atoms with Crippen molar-refractivity contribution in [3.8, 4) is 11.5 Å². The summed E-state index contributed by atoms with van der Waals surface area (Å²) in [7, 11) is 0. The van der Waals surface area contributed by atoms with Crippen LogP contribution in [0.5, 0.6) is 11.5 Å². The molecule has 5 rings (SSSR count). The van der Waals surface area contributed by atoms with Crippen LogP contribution in [0.1, 0.15) is 35.2 Å². The number of anilines is 1. The van der Waals surface area contributed by atoms with E-state index in [1.807, 2.05) is 32.0 Å². The van der Waals surface area contributed by atoms with Crippen molar-refractivity contribution in [2.45, 2.75) is 26.8 Å². The van der Waals surface area contributed by atoms with E-state index in [9.17, 15) is 19.8 Å². The largest absolute Gasteiger partial charge is 0.507 e. The summed E-state index contributed by atoms with van der Waals surface area (Å²) in [5, 5.41) is 21.6. The fraction of sp³-hybridized carbons (Fsp3) is 0.179. The molecule has 1 aliphatic rings. The molecule has 1 fully saturated rings. The van der Waals surface area contributed by atoms with E-state index in [0.29, 0.717) is 28.8 Å². The van der Waals surface area contributed by atoms with Gasteiger partial charge >= 0.3 is 5.91 Å². The number of aromatic hydroxyl groups is 1. The molecular formula is C28H24BrN3O5. The molecule has 4 aromatic rings. The number of carbonyl (C=O) groups is 2. The number of imidazole rings is 1. The van der Waals surface area contributed by atoms with Crippen molar-refractivity contribution < 1.29 is 24.5 Å². The Morgan fingerprint density at radius 2 is 1.89 bits per heavy atom. The highest BCUT2D eigenvalue weighted by atomic mass is 79.9. The van der Waals surface area contributed by atoms with Crippen molar-refractivity contribution >= 4 is 50.4 Å². The van der Waals surface area contributed by atoms with E-state index < -0.39 is 17.7 Å². The number of halogens is 1. The van der Waals surface area contributed by atoms with E-state index >= 15 is 0 Å². The fourth-order valence-electron chi connectivity index (χ4n) is 4.51. The summed E-state index contributed by atoms with van der Waals surface area (Å²) >= 11 is 3.45. The van der Waals surface area contributed by atoms with Gasteiger partial charge in [0, 0.05) is 10.0 Å². The van der Waals surface area contributed by atoms with Crippen LogP contribution in [-0.4, -0.2) is 38.5 Å². The zero-order chi connectivity index (χ0) is 26.4. The minimum Gasteiger partial charge on any atom is -0.507 e. The van der Waals surface area contributed by atoms with Crippen LogP contribution in [0.3, 0.4) is 0 Å². The third-order valence-electron chi connectivity index (χ3n) is 6.33. The number of aliphatic hydroxyl groups is 1. The van der Waals surface area contributed by atoms with Gasteiger partial charge in [-0.05, 0) is 73.9 Å². The van der Waals surface area contributed by atoms with Gasteiger partial charge in [0.05, 0.1) is 29.3 Å². The second-order valence-corrected chi connectivity index (χ2v) is 9.73. The predicted octanol–water partition coefficient (Wildman–Crippen LogP) is 5.67. The second kappa shape index (κ2) is 9.40. The maximum Gasteiger partial charge on any atom is 0.302 e. The van der Waals surface area contributed by atoms with Gasteiger partial charge in [-0.2, -0.15) is 0 Å². The average molecular weight is 562 g/mol. The first kappa shape index (κ1) is 24.6. The van der Waals surface area contributed by atoms with Gasteiger partial charge in [-0.1, -0.05) is 34.1 Å². The van der Waals surface area contributed by atoms with Crippen LogP contribution in [-0.2, 0) is 9.59 Å². The number of phenolic OH excluding ortho intramolecular Hbond substituents is 1. The molecule has 1 aliphatic heterocycles. The van der Waals surface area contributed by atoms with Gasteiger partial charge in [0.25, 0.3) is 5.78 Å². The number of ether oxygens (including phenoxy) is 1. The smallest absolute Gasteiger partial charge is 0.302 e. The number of aromatic amines is 1. The summed E-state index contributed by atoms with van der Waals surface area (Å²) in [5.74, 6) is -1.69. The zero-order valence-electron chi connectivity index (χ0n) is 20.4. The van der Waals surface area contributed by atoms with Crippen LogP contribution in [0.15, 0.2) is 64.6 Å². The SMILES string of the molecule is CCOc1cc(C2/C(=C(\O)c3ccc(Br)c(C)c3)C(=O)C(=O)N2c2nc3ccc(C)cc3[nH]2)ccc1O. The number of aliphatic hydroxyl groups excluding tert-OH is 1. The van der Waals surface area contributed by atoms with E-state index in [0.717, 1.165) is 15.6 Å². The van der Waals surface area contributed by atoms with E-state index in [1.165, 1.54) is 11.0 Å². The number of rotatable bonds is 5. The first-order valence-corrected chi connectivity index (χ1v) is 12.5. The average Bonchev–Trinajstić information content (AvgIpc) is 3.39. The maximum atomic E-state index is 13.5. The minimum atomic E-state index is -1.02. The number of benzene rings is 3. The molecule has 3 N–H and O–H groups in total. The number of hydrogen-bond acceptors (Lipinski definition) is 6.